The lowest BCUT2D eigenvalue weighted by atomic mass is 9.82. The molecule has 0 bridgehead atoms. The van der Waals surface area contributed by atoms with Crippen molar-refractivity contribution in [3.63, 3.8) is 0 Å². The minimum absolute atomic E-state index is 0.177. The van der Waals surface area contributed by atoms with Crippen LogP contribution in [0.1, 0.15) is 31.4 Å². The van der Waals surface area contributed by atoms with Gasteiger partial charge in [-0.3, -0.25) is 4.79 Å². The molecule has 1 saturated carbocycles. The molecule has 0 radical (unpaired) electrons. The van der Waals surface area contributed by atoms with Crippen LogP contribution in [0.5, 0.6) is 5.75 Å². The van der Waals surface area contributed by atoms with Crippen molar-refractivity contribution < 1.29 is 17.6 Å². The van der Waals surface area contributed by atoms with Gasteiger partial charge in [0.1, 0.15) is 12.0 Å². The number of hydrogen-bond donors (Lipinski definition) is 1. The van der Waals surface area contributed by atoms with Gasteiger partial charge in [0, 0.05) is 25.0 Å². The molecule has 1 N–H and O–H groups in total. The molecule has 0 amide bonds. The summed E-state index contributed by atoms with van der Waals surface area (Å²) in [6.45, 7) is 1.45. The zero-order chi connectivity index (χ0) is 21.8. The minimum atomic E-state index is -3.14. The van der Waals surface area contributed by atoms with Crippen molar-refractivity contribution in [1.29, 1.82) is 0 Å². The molecular weight excluding hydrogens is 416 g/mol. The molecule has 0 aliphatic heterocycles. The Balaban J connectivity index is 1.28. The number of ether oxygens (including phenoxy) is 1. The maximum atomic E-state index is 12.4. The predicted molar refractivity (Wildman–Crippen MR) is 120 cm³/mol. The first-order valence-electron chi connectivity index (χ1n) is 10.6. The number of fused-ring (bicyclic) bond motifs is 1. The molecule has 1 aliphatic rings. The van der Waals surface area contributed by atoms with Gasteiger partial charge in [-0.05, 0) is 48.3 Å². The quantitative estimate of drug-likeness (QED) is 0.575. The summed E-state index contributed by atoms with van der Waals surface area (Å²) in [4.78, 5) is 12.4. The van der Waals surface area contributed by atoms with Crippen LogP contribution in [0.2, 0.25) is 0 Å². The predicted octanol–water partition coefficient (Wildman–Crippen LogP) is 3.38. The van der Waals surface area contributed by atoms with Crippen LogP contribution in [0.15, 0.2) is 58.2 Å². The van der Waals surface area contributed by atoms with Crippen LogP contribution in [-0.4, -0.2) is 32.4 Å². The van der Waals surface area contributed by atoms with Crippen molar-refractivity contribution in [2.75, 3.05) is 19.4 Å². The molecule has 166 valence electrons. The Bertz CT molecular complexity index is 1160. The van der Waals surface area contributed by atoms with E-state index in [-0.39, 0.29) is 11.2 Å². The summed E-state index contributed by atoms with van der Waals surface area (Å²) in [5.41, 5.74) is -0.177. The molecule has 7 nitrogen and oxygen atoms in total. The van der Waals surface area contributed by atoms with Gasteiger partial charge in [0.25, 0.3) is 0 Å². The molecule has 3 aromatic rings. The van der Waals surface area contributed by atoms with Gasteiger partial charge >= 0.3 is 0 Å². The molecule has 1 aliphatic carbocycles. The van der Waals surface area contributed by atoms with Crippen molar-refractivity contribution in [2.24, 2.45) is 11.8 Å². The highest BCUT2D eigenvalue weighted by Crippen LogP contribution is 2.29. The summed E-state index contributed by atoms with van der Waals surface area (Å²) in [5.74, 6) is 1.54. The Morgan fingerprint density at radius 3 is 2.35 bits per heavy atom. The third-order valence-corrected chi connectivity index (χ3v) is 6.56. The van der Waals surface area contributed by atoms with Crippen LogP contribution in [0.3, 0.4) is 0 Å². The number of nitrogens with one attached hydrogen (secondary N) is 1. The lowest BCUT2D eigenvalue weighted by molar-refractivity contribution is 0.179. The van der Waals surface area contributed by atoms with Gasteiger partial charge in [0.15, 0.2) is 0 Å². The van der Waals surface area contributed by atoms with Gasteiger partial charge in [-0.2, -0.15) is 0 Å². The SMILES string of the molecule is CS(=O)(=O)NCC1CCC(COc2coc(Cn3cc4ccccc4c3)cc2=O)CC1. The fraction of sp³-hybridized carbons (Fsp3) is 0.435. The van der Waals surface area contributed by atoms with E-state index in [2.05, 4.69) is 16.9 Å². The summed E-state index contributed by atoms with van der Waals surface area (Å²) in [6, 6.07) is 9.59. The minimum Gasteiger partial charge on any atom is -0.486 e. The molecule has 31 heavy (non-hydrogen) atoms. The van der Waals surface area contributed by atoms with Crippen molar-refractivity contribution >= 4 is 20.8 Å². The topological polar surface area (TPSA) is 90.5 Å². The third-order valence-electron chi connectivity index (χ3n) is 5.87. The molecule has 1 fully saturated rings. The first-order chi connectivity index (χ1) is 14.9. The lowest BCUT2D eigenvalue weighted by Gasteiger charge is -2.28. The second-order valence-corrected chi connectivity index (χ2v) is 10.3. The number of aromatic nitrogens is 1. The van der Waals surface area contributed by atoms with Gasteiger partial charge in [0.2, 0.25) is 21.2 Å². The highest BCUT2D eigenvalue weighted by molar-refractivity contribution is 7.88. The fourth-order valence-corrected chi connectivity index (χ4v) is 4.66. The van der Waals surface area contributed by atoms with Crippen molar-refractivity contribution in [1.82, 2.24) is 9.29 Å². The monoisotopic (exact) mass is 444 g/mol. The number of benzene rings is 1. The zero-order valence-electron chi connectivity index (χ0n) is 17.6. The van der Waals surface area contributed by atoms with Gasteiger partial charge in [0.05, 0.1) is 19.4 Å². The average molecular weight is 445 g/mol. The molecule has 1 aromatic carbocycles. The van der Waals surface area contributed by atoms with Crippen LogP contribution in [0.25, 0.3) is 10.8 Å². The zero-order valence-corrected chi connectivity index (χ0v) is 18.4. The van der Waals surface area contributed by atoms with E-state index < -0.39 is 10.0 Å². The Hall–Kier alpha value is -2.58. The van der Waals surface area contributed by atoms with Crippen LogP contribution in [-0.2, 0) is 16.6 Å². The highest BCUT2D eigenvalue weighted by Gasteiger charge is 2.22. The van der Waals surface area contributed by atoms with E-state index in [1.165, 1.54) is 18.6 Å². The average Bonchev–Trinajstić information content (AvgIpc) is 3.14. The molecule has 8 heteroatoms. The maximum Gasteiger partial charge on any atom is 0.227 e. The smallest absolute Gasteiger partial charge is 0.227 e. The molecule has 2 aromatic heterocycles. The van der Waals surface area contributed by atoms with E-state index >= 15 is 0 Å². The number of nitrogens with zero attached hydrogens (tertiary/aromatic N) is 1. The lowest BCUT2D eigenvalue weighted by Crippen LogP contribution is -2.31. The first kappa shape index (κ1) is 21.6. The highest BCUT2D eigenvalue weighted by atomic mass is 32.2. The van der Waals surface area contributed by atoms with Gasteiger partial charge in [-0.15, -0.1) is 0 Å². The summed E-state index contributed by atoms with van der Waals surface area (Å²) >= 11 is 0. The van der Waals surface area contributed by atoms with Crippen LogP contribution in [0.4, 0.5) is 0 Å². The molecule has 2 heterocycles. The Morgan fingerprint density at radius 1 is 1.10 bits per heavy atom. The number of sulfonamides is 1. The van der Waals surface area contributed by atoms with Crippen molar-refractivity contribution in [2.45, 2.75) is 32.2 Å². The Kier molecular flexibility index (Phi) is 6.48. The van der Waals surface area contributed by atoms with E-state index in [4.69, 9.17) is 9.15 Å². The molecule has 0 saturated heterocycles. The second-order valence-electron chi connectivity index (χ2n) is 8.45. The van der Waals surface area contributed by atoms with E-state index in [1.807, 2.05) is 29.1 Å². The van der Waals surface area contributed by atoms with Gasteiger partial charge < -0.3 is 13.7 Å². The number of hydrogen-bond acceptors (Lipinski definition) is 5. The molecule has 0 atom stereocenters. The maximum absolute atomic E-state index is 12.4. The van der Waals surface area contributed by atoms with Crippen molar-refractivity contribution in [3.05, 3.63) is 65.0 Å². The second kappa shape index (κ2) is 9.28. The van der Waals surface area contributed by atoms with Crippen LogP contribution < -0.4 is 14.9 Å². The summed E-state index contributed by atoms with van der Waals surface area (Å²) in [6.07, 6.45) is 10.5. The van der Waals surface area contributed by atoms with Crippen molar-refractivity contribution in [3.8, 4) is 5.75 Å². The first-order valence-corrected chi connectivity index (χ1v) is 12.5. The molecular formula is C23H28N2O5S. The largest absolute Gasteiger partial charge is 0.486 e. The normalized spacial score (nSPS) is 19.5. The standard InChI is InChI=1S/C23H28N2O5S/c1-31(27,28)24-11-17-6-8-18(9-7-17)15-30-23-16-29-21(10-22(23)26)14-25-12-19-4-2-3-5-20(19)13-25/h2-5,10,12-13,16-18,24H,6-9,11,14-15H2,1H3. The summed E-state index contributed by atoms with van der Waals surface area (Å²) in [7, 11) is -3.14. The molecule has 0 unspecified atom stereocenters. The Morgan fingerprint density at radius 2 is 1.74 bits per heavy atom. The third kappa shape index (κ3) is 5.98. The van der Waals surface area contributed by atoms with E-state index in [9.17, 15) is 13.2 Å². The van der Waals surface area contributed by atoms with E-state index in [1.54, 1.807) is 0 Å². The Labute approximate surface area is 182 Å². The number of rotatable bonds is 8. The van der Waals surface area contributed by atoms with Gasteiger partial charge in [-0.1, -0.05) is 24.3 Å². The van der Waals surface area contributed by atoms with Gasteiger partial charge in [-0.25, -0.2) is 13.1 Å². The van der Waals surface area contributed by atoms with Crippen LogP contribution >= 0.6 is 0 Å². The van der Waals surface area contributed by atoms with Crippen LogP contribution in [0, 0.1) is 11.8 Å². The van der Waals surface area contributed by atoms with E-state index in [0.717, 1.165) is 36.5 Å². The summed E-state index contributed by atoms with van der Waals surface area (Å²) < 4.78 is 38.4. The van der Waals surface area contributed by atoms with E-state index in [0.29, 0.717) is 37.3 Å². The fourth-order valence-electron chi connectivity index (χ4n) is 4.12. The molecule has 4 rings (SSSR count). The summed E-state index contributed by atoms with van der Waals surface area (Å²) in [5, 5.41) is 2.29. The molecule has 0 spiro atoms.